The number of aromatic nitrogens is 1. The van der Waals surface area contributed by atoms with Crippen molar-refractivity contribution in [1.29, 1.82) is 0 Å². The van der Waals surface area contributed by atoms with Crippen LogP contribution >= 0.6 is 15.9 Å². The number of hydrogen-bond donors (Lipinski definition) is 2. The maximum Gasteiger partial charge on any atom is 0.310 e. The number of hydrogen-bond acceptors (Lipinski definition) is 3. The van der Waals surface area contributed by atoms with Gasteiger partial charge in [-0.2, -0.15) is 0 Å². The Balaban J connectivity index is 2.65. The van der Waals surface area contributed by atoms with Crippen LogP contribution in [-0.2, 0) is 4.79 Å². The number of rotatable bonds is 4. The molecule has 5 nitrogen and oxygen atoms in total. The largest absolute Gasteiger partial charge is 0.481 e. The van der Waals surface area contributed by atoms with Crippen molar-refractivity contribution in [2.75, 3.05) is 6.54 Å². The van der Waals surface area contributed by atoms with Crippen molar-refractivity contribution in [3.63, 3.8) is 0 Å². The van der Waals surface area contributed by atoms with E-state index in [-0.39, 0.29) is 12.5 Å². The summed E-state index contributed by atoms with van der Waals surface area (Å²) in [5.41, 5.74) is -0.548. The molecule has 0 fully saturated rings. The van der Waals surface area contributed by atoms with Crippen molar-refractivity contribution in [1.82, 2.24) is 10.3 Å². The summed E-state index contributed by atoms with van der Waals surface area (Å²) in [6.45, 7) is 3.18. The molecule has 0 aliphatic rings. The predicted octanol–water partition coefficient (Wildman–Crippen LogP) is 1.68. The van der Waals surface area contributed by atoms with Gasteiger partial charge in [0.2, 0.25) is 0 Å². The zero-order chi connectivity index (χ0) is 13.1. The SMILES string of the molecule is CC(C)(CNC(=O)c1ccnc(Br)c1)C(=O)O. The quantitative estimate of drug-likeness (QED) is 0.829. The topological polar surface area (TPSA) is 79.3 Å². The van der Waals surface area contributed by atoms with Crippen molar-refractivity contribution in [3.8, 4) is 0 Å². The lowest BCUT2D eigenvalue weighted by molar-refractivity contribution is -0.146. The van der Waals surface area contributed by atoms with Gasteiger partial charge in [0.15, 0.2) is 0 Å². The van der Waals surface area contributed by atoms with Crippen LogP contribution in [0.15, 0.2) is 22.9 Å². The first-order valence-corrected chi connectivity index (χ1v) is 5.75. The van der Waals surface area contributed by atoms with Gasteiger partial charge in [-0.05, 0) is 41.9 Å². The monoisotopic (exact) mass is 300 g/mol. The molecule has 0 radical (unpaired) electrons. The minimum atomic E-state index is -0.986. The lowest BCUT2D eigenvalue weighted by Gasteiger charge is -2.19. The van der Waals surface area contributed by atoms with E-state index in [0.29, 0.717) is 10.2 Å². The van der Waals surface area contributed by atoms with E-state index in [1.54, 1.807) is 26.0 Å². The molecule has 1 heterocycles. The predicted molar refractivity (Wildman–Crippen MR) is 65.7 cm³/mol. The average molecular weight is 301 g/mol. The fraction of sp³-hybridized carbons (Fsp3) is 0.364. The first-order chi connectivity index (χ1) is 7.83. The Morgan fingerprint density at radius 1 is 1.53 bits per heavy atom. The third-order valence-electron chi connectivity index (χ3n) is 2.26. The Morgan fingerprint density at radius 3 is 2.71 bits per heavy atom. The Kier molecular flexibility index (Phi) is 4.22. The van der Waals surface area contributed by atoms with Crippen molar-refractivity contribution in [2.24, 2.45) is 5.41 Å². The minimum absolute atomic E-state index is 0.0705. The first-order valence-electron chi connectivity index (χ1n) is 4.96. The number of pyridine rings is 1. The van der Waals surface area contributed by atoms with Crippen LogP contribution in [0.5, 0.6) is 0 Å². The summed E-state index contributed by atoms with van der Waals surface area (Å²) < 4.78 is 0.558. The summed E-state index contributed by atoms with van der Waals surface area (Å²) >= 11 is 3.16. The Labute approximate surface area is 107 Å². The van der Waals surface area contributed by atoms with Crippen LogP contribution in [0.2, 0.25) is 0 Å². The second-order valence-corrected chi connectivity index (χ2v) is 5.05. The van der Waals surface area contributed by atoms with Crippen LogP contribution in [0.3, 0.4) is 0 Å². The summed E-state index contributed by atoms with van der Waals surface area (Å²) in [6.07, 6.45) is 1.50. The summed E-state index contributed by atoms with van der Waals surface area (Å²) in [7, 11) is 0. The number of carboxylic acids is 1. The number of nitrogens with one attached hydrogen (secondary N) is 1. The molecule has 0 aromatic carbocycles. The number of amides is 1. The van der Waals surface area contributed by atoms with E-state index in [9.17, 15) is 9.59 Å². The van der Waals surface area contributed by atoms with Crippen molar-refractivity contribution >= 4 is 27.8 Å². The van der Waals surface area contributed by atoms with Crippen LogP contribution in [0.25, 0.3) is 0 Å². The summed E-state index contributed by atoms with van der Waals surface area (Å²) in [6, 6.07) is 3.14. The number of carbonyl (C=O) groups is 2. The molecule has 0 aliphatic heterocycles. The molecule has 1 amide bonds. The van der Waals surface area contributed by atoms with E-state index in [0.717, 1.165) is 0 Å². The van der Waals surface area contributed by atoms with Crippen LogP contribution in [0.4, 0.5) is 0 Å². The number of carbonyl (C=O) groups excluding carboxylic acids is 1. The molecule has 0 unspecified atom stereocenters. The molecular formula is C11H13BrN2O3. The molecule has 0 spiro atoms. The van der Waals surface area contributed by atoms with Gasteiger partial charge in [-0.1, -0.05) is 0 Å². The molecular weight excluding hydrogens is 288 g/mol. The van der Waals surface area contributed by atoms with Gasteiger partial charge in [-0.3, -0.25) is 9.59 Å². The van der Waals surface area contributed by atoms with Gasteiger partial charge >= 0.3 is 5.97 Å². The second kappa shape index (κ2) is 5.27. The van der Waals surface area contributed by atoms with Gasteiger partial charge in [0.25, 0.3) is 5.91 Å². The number of carboxylic acid groups (broad SMARTS) is 1. The molecule has 0 aliphatic carbocycles. The van der Waals surface area contributed by atoms with Gasteiger partial charge in [0, 0.05) is 18.3 Å². The van der Waals surface area contributed by atoms with E-state index in [4.69, 9.17) is 5.11 Å². The summed E-state index contributed by atoms with van der Waals surface area (Å²) in [5.74, 6) is -1.27. The van der Waals surface area contributed by atoms with E-state index in [2.05, 4.69) is 26.2 Å². The maximum absolute atomic E-state index is 11.7. The molecule has 1 rings (SSSR count). The fourth-order valence-corrected chi connectivity index (χ4v) is 1.39. The smallest absolute Gasteiger partial charge is 0.310 e. The van der Waals surface area contributed by atoms with Crippen molar-refractivity contribution < 1.29 is 14.7 Å². The van der Waals surface area contributed by atoms with Gasteiger partial charge < -0.3 is 10.4 Å². The standard InChI is InChI=1S/C11H13BrN2O3/c1-11(2,10(16)17)6-14-9(15)7-3-4-13-8(12)5-7/h3-5H,6H2,1-2H3,(H,14,15)(H,16,17). The Hall–Kier alpha value is -1.43. The van der Waals surface area contributed by atoms with E-state index < -0.39 is 11.4 Å². The highest BCUT2D eigenvalue weighted by molar-refractivity contribution is 9.10. The molecule has 17 heavy (non-hydrogen) atoms. The van der Waals surface area contributed by atoms with Gasteiger partial charge in [-0.15, -0.1) is 0 Å². The van der Waals surface area contributed by atoms with Crippen molar-refractivity contribution in [3.05, 3.63) is 28.5 Å². The Bertz CT molecular complexity index is 446. The summed E-state index contributed by atoms with van der Waals surface area (Å²) in [5, 5.41) is 11.5. The van der Waals surface area contributed by atoms with Crippen LogP contribution < -0.4 is 5.32 Å². The molecule has 0 saturated carbocycles. The van der Waals surface area contributed by atoms with Crippen LogP contribution in [-0.4, -0.2) is 28.5 Å². The molecule has 92 valence electrons. The molecule has 0 bridgehead atoms. The van der Waals surface area contributed by atoms with Gasteiger partial charge in [-0.25, -0.2) is 4.98 Å². The molecule has 2 N–H and O–H groups in total. The third-order valence-corrected chi connectivity index (χ3v) is 2.69. The highest BCUT2D eigenvalue weighted by atomic mass is 79.9. The zero-order valence-electron chi connectivity index (χ0n) is 9.53. The lowest BCUT2D eigenvalue weighted by atomic mass is 9.94. The first kappa shape index (κ1) is 13.6. The molecule has 0 saturated heterocycles. The Morgan fingerprint density at radius 2 is 2.18 bits per heavy atom. The zero-order valence-corrected chi connectivity index (χ0v) is 11.1. The van der Waals surface area contributed by atoms with E-state index >= 15 is 0 Å². The molecule has 6 heteroatoms. The molecule has 1 aromatic rings. The highest BCUT2D eigenvalue weighted by Crippen LogP contribution is 2.14. The van der Waals surface area contributed by atoms with E-state index in [1.807, 2.05) is 0 Å². The molecule has 0 atom stereocenters. The van der Waals surface area contributed by atoms with Gasteiger partial charge in [0.05, 0.1) is 5.41 Å². The number of nitrogens with zero attached hydrogens (tertiary/aromatic N) is 1. The van der Waals surface area contributed by atoms with E-state index in [1.165, 1.54) is 6.20 Å². The fourth-order valence-electron chi connectivity index (χ4n) is 1.02. The average Bonchev–Trinajstić information content (AvgIpc) is 2.25. The van der Waals surface area contributed by atoms with Crippen LogP contribution in [0.1, 0.15) is 24.2 Å². The molecule has 1 aromatic heterocycles. The maximum atomic E-state index is 11.7. The third kappa shape index (κ3) is 3.81. The van der Waals surface area contributed by atoms with Gasteiger partial charge in [0.1, 0.15) is 4.60 Å². The summed E-state index contributed by atoms with van der Waals surface area (Å²) in [4.78, 5) is 26.5. The number of halogens is 1. The second-order valence-electron chi connectivity index (χ2n) is 4.24. The van der Waals surface area contributed by atoms with Crippen molar-refractivity contribution in [2.45, 2.75) is 13.8 Å². The lowest BCUT2D eigenvalue weighted by Crippen LogP contribution is -2.38. The number of aliphatic carboxylic acids is 1. The van der Waals surface area contributed by atoms with Crippen LogP contribution in [0, 0.1) is 5.41 Å². The highest BCUT2D eigenvalue weighted by Gasteiger charge is 2.27. The normalized spacial score (nSPS) is 11.0. The minimum Gasteiger partial charge on any atom is -0.481 e.